The summed E-state index contributed by atoms with van der Waals surface area (Å²) in [4.78, 5) is 0. The van der Waals surface area contributed by atoms with Crippen LogP contribution in [0, 0.1) is 0 Å². The zero-order valence-corrected chi connectivity index (χ0v) is 26.7. The molecule has 0 saturated heterocycles. The maximum atomic E-state index is 9.59. The fraction of sp³-hybridized carbons (Fsp3) is 0. The average Bonchev–Trinajstić information content (AvgIpc) is 3.73. The number of hydrogen-bond acceptors (Lipinski definition) is 1. The monoisotopic (exact) mass is 663 g/mol. The Balaban J connectivity index is 1.31. The van der Waals surface area contributed by atoms with Gasteiger partial charge in [-0.25, -0.2) is 0 Å². The Kier molecular flexibility index (Phi) is 4.19. The molecule has 0 aliphatic carbocycles. The quantitative estimate of drug-likeness (QED) is 0.167. The Morgan fingerprint density at radius 3 is 1.57 bits per heavy atom. The lowest BCUT2D eigenvalue weighted by Gasteiger charge is -2.20. The van der Waals surface area contributed by atoms with Crippen molar-refractivity contribution in [2.75, 3.05) is 0 Å². The van der Waals surface area contributed by atoms with Crippen molar-refractivity contribution in [3.8, 4) is 55.6 Å². The van der Waals surface area contributed by atoms with E-state index < -0.39 is 77.6 Å². The van der Waals surface area contributed by atoms with Gasteiger partial charge in [0.15, 0.2) is 0 Å². The minimum Gasteiger partial charge on any atom is -0.456 e. The molecule has 10 rings (SSSR count). The van der Waals surface area contributed by atoms with E-state index in [1.165, 1.54) is 0 Å². The van der Waals surface area contributed by atoms with Crippen molar-refractivity contribution in [2.24, 2.45) is 0 Å². The lowest BCUT2D eigenvalue weighted by Crippen LogP contribution is -1.93. The fourth-order valence-electron chi connectivity index (χ4n) is 6.94. The third kappa shape index (κ3) is 4.86. The summed E-state index contributed by atoms with van der Waals surface area (Å²) in [6, 6.07) is 23.1. The molecule has 51 heavy (non-hydrogen) atoms. The van der Waals surface area contributed by atoms with Crippen LogP contribution in [-0.2, 0) is 0 Å². The van der Waals surface area contributed by atoms with E-state index >= 15 is 0 Å². The second kappa shape index (κ2) is 12.0. The van der Waals surface area contributed by atoms with E-state index in [4.69, 9.17) is 19.5 Å². The molecule has 0 atom stereocenters. The van der Waals surface area contributed by atoms with Gasteiger partial charge in [0.1, 0.15) is 11.2 Å². The van der Waals surface area contributed by atoms with Crippen molar-refractivity contribution in [2.45, 2.75) is 0 Å². The molecule has 0 bridgehead atoms. The topological polar surface area (TPSA) is 13.1 Å². The molecule has 10 aromatic rings. The standard InChI is InChI=1S/C50H32O/c1-3-14-33(15-4-1)35-26-28-36(29-27-35)38-18-7-8-19-39(38)48-40-20-9-11-22-42(40)49(43-23-12-10-21-41(43)48)44-24-13-25-47-50(44)45-32-37(30-31-46(45)51-47)34-16-5-2-6-17-34/h1-32H/i1D,3D,4D,13D,14D,15D,24D,25D,26D,27D,28D,29D,30D,31D,32D. The van der Waals surface area contributed by atoms with Crippen molar-refractivity contribution >= 4 is 43.5 Å². The van der Waals surface area contributed by atoms with E-state index in [1.807, 2.05) is 48.5 Å². The Bertz CT molecular complexity index is 3650. The van der Waals surface area contributed by atoms with Crippen LogP contribution < -0.4 is 0 Å². The van der Waals surface area contributed by atoms with Gasteiger partial charge in [0.25, 0.3) is 0 Å². The van der Waals surface area contributed by atoms with Crippen LogP contribution in [-0.4, -0.2) is 0 Å². The van der Waals surface area contributed by atoms with Crippen LogP contribution >= 0.6 is 0 Å². The molecule has 0 amide bonds. The number of furan rings is 1. The third-order valence-electron chi connectivity index (χ3n) is 9.16. The van der Waals surface area contributed by atoms with Gasteiger partial charge >= 0.3 is 0 Å². The van der Waals surface area contributed by atoms with Gasteiger partial charge in [0, 0.05) is 10.8 Å². The molecule has 0 fully saturated rings. The molecular formula is C50H32O. The van der Waals surface area contributed by atoms with E-state index in [-0.39, 0.29) is 62.8 Å². The van der Waals surface area contributed by atoms with Gasteiger partial charge in [-0.1, -0.05) is 176 Å². The predicted octanol–water partition coefficient (Wildman–Crippen LogP) is 14.2. The maximum absolute atomic E-state index is 9.59. The van der Waals surface area contributed by atoms with E-state index in [0.717, 1.165) is 0 Å². The second-order valence-corrected chi connectivity index (χ2v) is 12.0. The summed E-state index contributed by atoms with van der Waals surface area (Å²) < 4.78 is 140. The van der Waals surface area contributed by atoms with E-state index in [9.17, 15) is 5.48 Å². The zero-order valence-electron chi connectivity index (χ0n) is 41.7. The maximum Gasteiger partial charge on any atom is 0.136 e. The molecule has 238 valence electrons. The van der Waals surface area contributed by atoms with Crippen molar-refractivity contribution < 1.29 is 25.0 Å². The summed E-state index contributed by atoms with van der Waals surface area (Å²) in [5.74, 6) is 0. The van der Waals surface area contributed by atoms with Crippen molar-refractivity contribution in [1.82, 2.24) is 0 Å². The molecule has 0 unspecified atom stereocenters. The summed E-state index contributed by atoms with van der Waals surface area (Å²) in [5.41, 5.74) is 1.61. The summed E-state index contributed by atoms with van der Waals surface area (Å²) >= 11 is 0. The van der Waals surface area contributed by atoms with E-state index in [2.05, 4.69) is 0 Å². The molecule has 0 spiro atoms. The number of fused-ring (bicyclic) bond motifs is 5. The predicted molar refractivity (Wildman–Crippen MR) is 216 cm³/mol. The summed E-state index contributed by atoms with van der Waals surface area (Å²) in [6.45, 7) is 0. The summed E-state index contributed by atoms with van der Waals surface area (Å²) in [7, 11) is 0. The van der Waals surface area contributed by atoms with Crippen LogP contribution in [0.4, 0.5) is 0 Å². The molecular weight excluding hydrogens is 617 g/mol. The first-order chi connectivity index (χ1) is 31.6. The highest BCUT2D eigenvalue weighted by Crippen LogP contribution is 2.48. The first-order valence-corrected chi connectivity index (χ1v) is 16.3. The van der Waals surface area contributed by atoms with Crippen molar-refractivity contribution in [3.63, 3.8) is 0 Å². The van der Waals surface area contributed by atoms with Gasteiger partial charge in [-0.05, 0) is 95.3 Å². The third-order valence-corrected chi connectivity index (χ3v) is 9.16. The highest BCUT2D eigenvalue weighted by Gasteiger charge is 2.21. The molecule has 0 aliphatic rings. The highest BCUT2D eigenvalue weighted by atomic mass is 16.3. The molecule has 1 aromatic heterocycles. The van der Waals surface area contributed by atoms with Crippen molar-refractivity contribution in [1.29, 1.82) is 0 Å². The molecule has 0 N–H and O–H groups in total. The molecule has 1 heteroatoms. The Morgan fingerprint density at radius 1 is 0.333 bits per heavy atom. The molecule has 0 aliphatic heterocycles. The Morgan fingerprint density at radius 2 is 0.882 bits per heavy atom. The molecule has 0 radical (unpaired) electrons. The second-order valence-electron chi connectivity index (χ2n) is 12.0. The fourth-order valence-corrected chi connectivity index (χ4v) is 6.94. The average molecular weight is 664 g/mol. The minimum absolute atomic E-state index is 0.0870. The Hall–Kier alpha value is -6.70. The highest BCUT2D eigenvalue weighted by molar-refractivity contribution is 6.26. The van der Waals surface area contributed by atoms with Gasteiger partial charge in [-0.2, -0.15) is 0 Å². The number of benzene rings is 9. The summed E-state index contributed by atoms with van der Waals surface area (Å²) in [5, 5.41) is 2.71. The van der Waals surface area contributed by atoms with E-state index in [1.54, 1.807) is 54.6 Å². The SMILES string of the molecule is [2H]c1c([2H])c([2H])c(-c2c([2H])c([2H])c(-c3ccccc3-c3c4ccccc4c(-c4c([2H])c([2H])c([2H])c5oc6c([2H])c([2H])c(-c7ccccc7)c([2H])c6c45)c4ccccc34)c([2H])c2[2H])c([2H])c1[2H]. The van der Waals surface area contributed by atoms with Gasteiger partial charge in [0.05, 0.1) is 20.6 Å². The van der Waals surface area contributed by atoms with Crippen LogP contribution in [0.25, 0.3) is 99.1 Å². The minimum atomic E-state index is -0.673. The lowest BCUT2D eigenvalue weighted by atomic mass is 9.83. The normalized spacial score (nSPS) is 15.6. The molecule has 1 nitrogen and oxygen atoms in total. The molecule has 9 aromatic carbocycles. The summed E-state index contributed by atoms with van der Waals surface area (Å²) in [6.07, 6.45) is 0. The van der Waals surface area contributed by atoms with E-state index in [0.29, 0.717) is 49.4 Å². The number of hydrogen-bond donors (Lipinski definition) is 0. The molecule has 1 heterocycles. The zero-order chi connectivity index (χ0) is 46.8. The largest absolute Gasteiger partial charge is 0.456 e. The van der Waals surface area contributed by atoms with Crippen molar-refractivity contribution in [3.05, 3.63) is 194 Å². The van der Waals surface area contributed by atoms with Gasteiger partial charge < -0.3 is 4.42 Å². The van der Waals surface area contributed by atoms with Crippen LogP contribution in [0.5, 0.6) is 0 Å². The first-order valence-electron chi connectivity index (χ1n) is 23.8. The van der Waals surface area contributed by atoms with Crippen LogP contribution in [0.15, 0.2) is 198 Å². The first kappa shape index (κ1) is 17.8. The van der Waals surface area contributed by atoms with Crippen LogP contribution in [0.2, 0.25) is 0 Å². The smallest absolute Gasteiger partial charge is 0.136 e. The van der Waals surface area contributed by atoms with Gasteiger partial charge in [-0.3, -0.25) is 0 Å². The lowest BCUT2D eigenvalue weighted by molar-refractivity contribution is 0.669. The van der Waals surface area contributed by atoms with Gasteiger partial charge in [0.2, 0.25) is 0 Å². The Labute approximate surface area is 317 Å². The van der Waals surface area contributed by atoms with Crippen LogP contribution in [0.3, 0.4) is 0 Å². The van der Waals surface area contributed by atoms with Crippen LogP contribution in [0.1, 0.15) is 20.6 Å². The number of rotatable bonds is 5. The van der Waals surface area contributed by atoms with Gasteiger partial charge in [-0.15, -0.1) is 0 Å². The molecule has 0 saturated carbocycles.